The number of hydrogen-bond acceptors (Lipinski definition) is 8. The van der Waals surface area contributed by atoms with Crippen molar-refractivity contribution in [2.75, 3.05) is 11.1 Å². The van der Waals surface area contributed by atoms with Crippen LogP contribution in [0.4, 0.5) is 17.6 Å². The van der Waals surface area contributed by atoms with E-state index in [1.165, 1.54) is 0 Å². The summed E-state index contributed by atoms with van der Waals surface area (Å²) in [7, 11) is 0. The Bertz CT molecular complexity index is 982. The van der Waals surface area contributed by atoms with E-state index in [-0.39, 0.29) is 18.4 Å². The normalized spacial score (nSPS) is 11.5. The Morgan fingerprint density at radius 2 is 1.77 bits per heavy atom. The Hall–Kier alpha value is -3.68. The number of aromatic nitrogens is 3. The molecule has 0 fully saturated rings. The van der Waals surface area contributed by atoms with E-state index in [9.17, 15) is 4.79 Å². The van der Waals surface area contributed by atoms with E-state index in [1.54, 1.807) is 12.1 Å². The average molecular weight is 407 g/mol. The summed E-state index contributed by atoms with van der Waals surface area (Å²) in [5, 5.41) is 3.15. The van der Waals surface area contributed by atoms with Gasteiger partial charge < -0.3 is 20.5 Å². The Morgan fingerprint density at radius 1 is 1.03 bits per heavy atom. The number of nitrogens with two attached hydrogens (primary N) is 1. The minimum absolute atomic E-state index is 0.0418. The molecular formula is C22H25N5O3. The molecule has 30 heavy (non-hydrogen) atoms. The van der Waals surface area contributed by atoms with Gasteiger partial charge in [-0.15, -0.1) is 0 Å². The van der Waals surface area contributed by atoms with Gasteiger partial charge >= 0.3 is 5.97 Å². The zero-order chi connectivity index (χ0) is 21.3. The van der Waals surface area contributed by atoms with Gasteiger partial charge in [0.15, 0.2) is 18.5 Å². The Morgan fingerprint density at radius 3 is 2.50 bits per heavy atom. The zero-order valence-corrected chi connectivity index (χ0v) is 17.0. The van der Waals surface area contributed by atoms with Gasteiger partial charge in [0.25, 0.3) is 0 Å². The number of rotatable bonds is 9. The molecule has 0 saturated carbocycles. The van der Waals surface area contributed by atoms with Crippen molar-refractivity contribution in [2.24, 2.45) is 0 Å². The van der Waals surface area contributed by atoms with Gasteiger partial charge in [0.2, 0.25) is 11.9 Å². The van der Waals surface area contributed by atoms with E-state index in [0.717, 1.165) is 17.7 Å². The fourth-order valence-corrected chi connectivity index (χ4v) is 2.82. The van der Waals surface area contributed by atoms with Crippen molar-refractivity contribution in [3.8, 4) is 5.75 Å². The summed E-state index contributed by atoms with van der Waals surface area (Å²) in [6.45, 7) is 3.78. The number of carbonyl (C=O) groups excluding carboxylic acids is 1. The third-order valence-corrected chi connectivity index (χ3v) is 4.34. The van der Waals surface area contributed by atoms with Crippen molar-refractivity contribution in [1.29, 1.82) is 0 Å². The highest BCUT2D eigenvalue weighted by molar-refractivity contribution is 5.75. The molecule has 8 nitrogen and oxygen atoms in total. The molecule has 1 atom stereocenters. The first kappa shape index (κ1) is 21.0. The largest absolute Gasteiger partial charge is 0.479 e. The molecule has 0 spiro atoms. The average Bonchev–Trinajstić information content (AvgIpc) is 2.76. The number of aryl methyl sites for hydroxylation is 1. The first-order chi connectivity index (χ1) is 14.6. The van der Waals surface area contributed by atoms with Gasteiger partial charge in [-0.25, -0.2) is 4.79 Å². The molecule has 0 saturated heterocycles. The minimum atomic E-state index is -0.722. The molecule has 3 N–H and O–H groups in total. The van der Waals surface area contributed by atoms with Crippen LogP contribution in [0.2, 0.25) is 0 Å². The van der Waals surface area contributed by atoms with Crippen LogP contribution in [0.5, 0.6) is 5.75 Å². The maximum absolute atomic E-state index is 12.4. The maximum atomic E-state index is 12.4. The molecule has 156 valence electrons. The summed E-state index contributed by atoms with van der Waals surface area (Å²) in [5.74, 6) is 0.696. The van der Waals surface area contributed by atoms with Crippen LogP contribution in [-0.2, 0) is 22.6 Å². The lowest BCUT2D eigenvalue weighted by Crippen LogP contribution is -2.28. The number of para-hydroxylation sites is 2. The Balaban J connectivity index is 1.65. The predicted octanol–water partition coefficient (Wildman–Crippen LogP) is 3.66. The van der Waals surface area contributed by atoms with Crippen molar-refractivity contribution in [3.05, 3.63) is 66.0 Å². The maximum Gasteiger partial charge on any atom is 0.347 e. The molecule has 1 aromatic heterocycles. The summed E-state index contributed by atoms with van der Waals surface area (Å²) in [6.07, 6.45) is 0.599. The van der Waals surface area contributed by atoms with Gasteiger partial charge in [-0.2, -0.15) is 15.0 Å². The first-order valence-electron chi connectivity index (χ1n) is 9.82. The molecule has 2 aromatic carbocycles. The standard InChI is InChI=1S/C22H25N5O3/c1-3-15-10-8-9-13-17(15)24-22-26-19(25-21(23)27-22)14-29-20(28)18(4-2)30-16-11-6-5-7-12-16/h5-13,18H,3-4,14H2,1-2H3,(H3,23,24,25,26,27)/t18-/m1/s1. The van der Waals surface area contributed by atoms with Crippen LogP contribution in [0, 0.1) is 0 Å². The molecule has 0 aliphatic carbocycles. The molecule has 1 heterocycles. The van der Waals surface area contributed by atoms with Gasteiger partial charge in [-0.3, -0.25) is 0 Å². The number of esters is 1. The van der Waals surface area contributed by atoms with Gasteiger partial charge in [0, 0.05) is 5.69 Å². The highest BCUT2D eigenvalue weighted by atomic mass is 16.6. The third kappa shape index (κ3) is 5.66. The molecular weight excluding hydrogens is 382 g/mol. The van der Waals surface area contributed by atoms with E-state index in [1.807, 2.05) is 49.4 Å². The summed E-state index contributed by atoms with van der Waals surface area (Å²) in [6, 6.07) is 17.0. The number of ether oxygens (including phenoxy) is 2. The Labute approximate surface area is 175 Å². The van der Waals surface area contributed by atoms with E-state index in [0.29, 0.717) is 18.1 Å². The van der Waals surface area contributed by atoms with Gasteiger partial charge in [0.05, 0.1) is 0 Å². The fraction of sp³-hybridized carbons (Fsp3) is 0.273. The molecule has 3 aromatic rings. The lowest BCUT2D eigenvalue weighted by Gasteiger charge is -2.16. The van der Waals surface area contributed by atoms with Gasteiger partial charge in [-0.05, 0) is 36.6 Å². The van der Waals surface area contributed by atoms with Crippen molar-refractivity contribution in [1.82, 2.24) is 15.0 Å². The second-order valence-electron chi connectivity index (χ2n) is 6.50. The van der Waals surface area contributed by atoms with E-state index < -0.39 is 12.1 Å². The van der Waals surface area contributed by atoms with Gasteiger partial charge in [0.1, 0.15) is 5.75 Å². The Kier molecular flexibility index (Phi) is 7.15. The lowest BCUT2D eigenvalue weighted by molar-refractivity contribution is -0.153. The van der Waals surface area contributed by atoms with Crippen LogP contribution in [0.1, 0.15) is 31.7 Å². The van der Waals surface area contributed by atoms with Crippen LogP contribution < -0.4 is 15.8 Å². The van der Waals surface area contributed by atoms with Crippen LogP contribution in [-0.4, -0.2) is 27.0 Å². The molecule has 0 aliphatic rings. The monoisotopic (exact) mass is 407 g/mol. The number of benzene rings is 2. The van der Waals surface area contributed by atoms with Gasteiger partial charge in [-0.1, -0.05) is 50.2 Å². The van der Waals surface area contributed by atoms with Crippen LogP contribution in [0.25, 0.3) is 0 Å². The highest BCUT2D eigenvalue weighted by Crippen LogP contribution is 2.19. The van der Waals surface area contributed by atoms with Crippen LogP contribution >= 0.6 is 0 Å². The van der Waals surface area contributed by atoms with Crippen molar-refractivity contribution in [2.45, 2.75) is 39.4 Å². The SMILES string of the molecule is CCc1ccccc1Nc1nc(N)nc(COC(=O)[C@@H](CC)Oc2ccccc2)n1. The van der Waals surface area contributed by atoms with Crippen LogP contribution in [0.3, 0.4) is 0 Å². The van der Waals surface area contributed by atoms with E-state index >= 15 is 0 Å². The summed E-state index contributed by atoms with van der Waals surface area (Å²) >= 11 is 0. The molecule has 0 unspecified atom stereocenters. The van der Waals surface area contributed by atoms with E-state index in [4.69, 9.17) is 15.2 Å². The summed E-state index contributed by atoms with van der Waals surface area (Å²) in [4.78, 5) is 24.9. The quantitative estimate of drug-likeness (QED) is 0.517. The number of hydrogen-bond donors (Lipinski definition) is 2. The molecule has 0 amide bonds. The van der Waals surface area contributed by atoms with E-state index in [2.05, 4.69) is 27.2 Å². The first-order valence-corrected chi connectivity index (χ1v) is 9.82. The number of nitrogen functional groups attached to an aromatic ring is 1. The molecule has 0 aliphatic heterocycles. The summed E-state index contributed by atoms with van der Waals surface area (Å²) < 4.78 is 11.1. The molecule has 3 rings (SSSR count). The smallest absolute Gasteiger partial charge is 0.347 e. The second kappa shape index (κ2) is 10.2. The summed E-state index contributed by atoms with van der Waals surface area (Å²) in [5.41, 5.74) is 7.81. The number of anilines is 3. The minimum Gasteiger partial charge on any atom is -0.479 e. The molecule has 8 heteroatoms. The van der Waals surface area contributed by atoms with Crippen molar-refractivity contribution in [3.63, 3.8) is 0 Å². The van der Waals surface area contributed by atoms with Crippen molar-refractivity contribution >= 4 is 23.6 Å². The molecule has 0 bridgehead atoms. The predicted molar refractivity (Wildman–Crippen MR) is 114 cm³/mol. The van der Waals surface area contributed by atoms with Crippen molar-refractivity contribution < 1.29 is 14.3 Å². The molecule has 0 radical (unpaired) electrons. The zero-order valence-electron chi connectivity index (χ0n) is 17.0. The topological polar surface area (TPSA) is 112 Å². The van der Waals surface area contributed by atoms with Crippen LogP contribution in [0.15, 0.2) is 54.6 Å². The lowest BCUT2D eigenvalue weighted by atomic mass is 10.1. The number of nitrogens with zero attached hydrogens (tertiary/aromatic N) is 3. The second-order valence-corrected chi connectivity index (χ2v) is 6.50. The highest BCUT2D eigenvalue weighted by Gasteiger charge is 2.21. The number of carbonyl (C=O) groups is 1. The number of nitrogens with one attached hydrogen (secondary N) is 1. The third-order valence-electron chi connectivity index (χ3n) is 4.34. The fourth-order valence-electron chi connectivity index (χ4n) is 2.82.